The maximum absolute atomic E-state index is 11.9. The third kappa shape index (κ3) is 2.07. The van der Waals surface area contributed by atoms with Crippen LogP contribution >= 0.6 is 0 Å². The first-order chi connectivity index (χ1) is 7.39. The fourth-order valence-corrected chi connectivity index (χ4v) is 3.35. The number of nitrogens with zero attached hydrogens (tertiary/aromatic N) is 2. The van der Waals surface area contributed by atoms with Crippen molar-refractivity contribution in [1.82, 2.24) is 9.21 Å². The van der Waals surface area contributed by atoms with E-state index in [9.17, 15) is 13.2 Å². The van der Waals surface area contributed by atoms with Gasteiger partial charge in [0.15, 0.2) is 0 Å². The number of likely N-dealkylation sites (tertiary alicyclic amines) is 1. The molecular formula is C9H16N2O4S. The summed E-state index contributed by atoms with van der Waals surface area (Å²) < 4.78 is 24.2. The molecule has 2 aliphatic heterocycles. The van der Waals surface area contributed by atoms with Crippen molar-refractivity contribution in [2.24, 2.45) is 0 Å². The zero-order chi connectivity index (χ0) is 11.9. The second-order valence-corrected chi connectivity index (χ2v) is 6.36. The summed E-state index contributed by atoms with van der Waals surface area (Å²) in [6, 6.07) is -0.553. The van der Waals surface area contributed by atoms with Crippen LogP contribution in [-0.4, -0.2) is 66.7 Å². The van der Waals surface area contributed by atoms with E-state index in [0.717, 1.165) is 12.7 Å². The van der Waals surface area contributed by atoms with Gasteiger partial charge in [0, 0.05) is 19.6 Å². The van der Waals surface area contributed by atoms with Crippen molar-refractivity contribution in [3.63, 3.8) is 0 Å². The van der Waals surface area contributed by atoms with Gasteiger partial charge in [-0.25, -0.2) is 8.42 Å². The second-order valence-electron chi connectivity index (χ2n) is 4.43. The first kappa shape index (κ1) is 11.8. The Kier molecular flexibility index (Phi) is 2.93. The normalized spacial score (nSPS) is 28.1. The van der Waals surface area contributed by atoms with E-state index in [-0.39, 0.29) is 5.91 Å². The lowest BCUT2D eigenvalue weighted by Crippen LogP contribution is -2.58. The number of rotatable bonds is 2. The first-order valence-corrected chi connectivity index (χ1v) is 7.18. The first-order valence-electron chi connectivity index (χ1n) is 5.33. The SMILES string of the molecule is CS(=O)(=O)N1CCCC1C(=O)N1CC(O)C1. The number of aliphatic hydroxyl groups is 1. The minimum absolute atomic E-state index is 0.173. The molecule has 2 fully saturated rings. The van der Waals surface area contributed by atoms with Gasteiger partial charge in [0.2, 0.25) is 15.9 Å². The van der Waals surface area contributed by atoms with Crippen molar-refractivity contribution in [2.75, 3.05) is 25.9 Å². The summed E-state index contributed by atoms with van der Waals surface area (Å²) in [4.78, 5) is 13.5. The van der Waals surface area contributed by atoms with Gasteiger partial charge in [-0.1, -0.05) is 0 Å². The van der Waals surface area contributed by atoms with Crippen LogP contribution in [0.15, 0.2) is 0 Å². The van der Waals surface area contributed by atoms with Crippen LogP contribution in [0.2, 0.25) is 0 Å². The number of amides is 1. The van der Waals surface area contributed by atoms with Crippen LogP contribution in [0.3, 0.4) is 0 Å². The van der Waals surface area contributed by atoms with Crippen molar-refractivity contribution in [3.8, 4) is 0 Å². The molecule has 1 atom stereocenters. The quantitative estimate of drug-likeness (QED) is 0.653. The summed E-state index contributed by atoms with van der Waals surface area (Å²) in [6.07, 6.45) is 1.99. The predicted octanol–water partition coefficient (Wildman–Crippen LogP) is -1.39. The molecule has 0 aromatic carbocycles. The van der Waals surface area contributed by atoms with Crippen LogP contribution in [0.5, 0.6) is 0 Å². The summed E-state index contributed by atoms with van der Waals surface area (Å²) >= 11 is 0. The van der Waals surface area contributed by atoms with E-state index in [1.807, 2.05) is 0 Å². The number of sulfonamides is 1. The number of carbonyl (C=O) groups excluding carboxylic acids is 1. The van der Waals surface area contributed by atoms with E-state index in [0.29, 0.717) is 26.1 Å². The number of hydrogen-bond donors (Lipinski definition) is 1. The van der Waals surface area contributed by atoms with E-state index < -0.39 is 22.2 Å². The Balaban J connectivity index is 2.06. The van der Waals surface area contributed by atoms with E-state index in [1.54, 1.807) is 0 Å². The number of aliphatic hydroxyl groups excluding tert-OH is 1. The molecule has 2 saturated heterocycles. The lowest BCUT2D eigenvalue weighted by Gasteiger charge is -2.38. The van der Waals surface area contributed by atoms with Crippen molar-refractivity contribution >= 4 is 15.9 Å². The van der Waals surface area contributed by atoms with Gasteiger partial charge in [0.25, 0.3) is 0 Å². The highest BCUT2D eigenvalue weighted by Gasteiger charge is 2.41. The zero-order valence-electron chi connectivity index (χ0n) is 9.16. The topological polar surface area (TPSA) is 77.9 Å². The van der Waals surface area contributed by atoms with Crippen molar-refractivity contribution < 1.29 is 18.3 Å². The molecule has 0 radical (unpaired) electrons. The standard InChI is InChI=1S/C9H16N2O4S/c1-16(14,15)11-4-2-3-8(11)9(13)10-5-7(12)6-10/h7-8,12H,2-6H2,1H3. The average molecular weight is 248 g/mol. The van der Waals surface area contributed by atoms with Crippen LogP contribution < -0.4 is 0 Å². The zero-order valence-corrected chi connectivity index (χ0v) is 9.98. The molecule has 1 unspecified atom stereocenters. The highest BCUT2D eigenvalue weighted by molar-refractivity contribution is 7.88. The smallest absolute Gasteiger partial charge is 0.241 e. The highest BCUT2D eigenvalue weighted by Crippen LogP contribution is 2.23. The van der Waals surface area contributed by atoms with Crippen LogP contribution in [0.4, 0.5) is 0 Å². The Morgan fingerprint density at radius 1 is 1.38 bits per heavy atom. The van der Waals surface area contributed by atoms with Crippen molar-refractivity contribution in [2.45, 2.75) is 25.0 Å². The molecule has 2 heterocycles. The maximum atomic E-state index is 11.9. The molecule has 1 amide bonds. The Morgan fingerprint density at radius 3 is 2.50 bits per heavy atom. The summed E-state index contributed by atoms with van der Waals surface area (Å²) in [5, 5.41) is 9.11. The Hall–Kier alpha value is -0.660. The monoisotopic (exact) mass is 248 g/mol. The molecule has 0 bridgehead atoms. The number of β-amino-alcohol motifs (C(OH)–C–C–N with tert-alkyl or cyclic N) is 1. The van der Waals surface area contributed by atoms with Gasteiger partial charge in [-0.15, -0.1) is 0 Å². The van der Waals surface area contributed by atoms with E-state index in [2.05, 4.69) is 0 Å². The molecule has 6 nitrogen and oxygen atoms in total. The van der Waals surface area contributed by atoms with Crippen LogP contribution in [0.25, 0.3) is 0 Å². The molecule has 92 valence electrons. The minimum atomic E-state index is -3.30. The average Bonchev–Trinajstić information content (AvgIpc) is 2.59. The van der Waals surface area contributed by atoms with Gasteiger partial charge < -0.3 is 10.0 Å². The Morgan fingerprint density at radius 2 is 2.00 bits per heavy atom. The molecule has 0 saturated carbocycles. The van der Waals surface area contributed by atoms with Gasteiger partial charge in [-0.05, 0) is 12.8 Å². The summed E-state index contributed by atoms with van der Waals surface area (Å²) in [5.74, 6) is -0.173. The Labute approximate surface area is 94.9 Å². The van der Waals surface area contributed by atoms with E-state index in [4.69, 9.17) is 5.11 Å². The summed E-state index contributed by atoms with van der Waals surface area (Å²) in [6.45, 7) is 1.07. The van der Waals surface area contributed by atoms with Gasteiger partial charge in [-0.3, -0.25) is 4.79 Å². The van der Waals surface area contributed by atoms with Gasteiger partial charge in [0.1, 0.15) is 6.04 Å². The molecule has 7 heteroatoms. The van der Waals surface area contributed by atoms with Crippen LogP contribution in [-0.2, 0) is 14.8 Å². The lowest BCUT2D eigenvalue weighted by atomic mass is 10.1. The van der Waals surface area contributed by atoms with E-state index >= 15 is 0 Å². The third-order valence-corrected chi connectivity index (χ3v) is 4.38. The molecule has 16 heavy (non-hydrogen) atoms. The minimum Gasteiger partial charge on any atom is -0.389 e. The molecule has 0 aliphatic carbocycles. The molecule has 0 aromatic heterocycles. The van der Waals surface area contributed by atoms with Crippen LogP contribution in [0, 0.1) is 0 Å². The molecule has 0 aromatic rings. The lowest BCUT2D eigenvalue weighted by molar-refractivity contribution is -0.144. The maximum Gasteiger partial charge on any atom is 0.241 e. The van der Waals surface area contributed by atoms with Gasteiger partial charge in [-0.2, -0.15) is 4.31 Å². The van der Waals surface area contributed by atoms with Crippen molar-refractivity contribution in [1.29, 1.82) is 0 Å². The molecule has 2 aliphatic rings. The highest BCUT2D eigenvalue weighted by atomic mass is 32.2. The van der Waals surface area contributed by atoms with Crippen LogP contribution in [0.1, 0.15) is 12.8 Å². The Bertz CT molecular complexity index is 388. The molecule has 0 spiro atoms. The van der Waals surface area contributed by atoms with Gasteiger partial charge in [0.05, 0.1) is 12.4 Å². The largest absolute Gasteiger partial charge is 0.389 e. The predicted molar refractivity (Wildman–Crippen MR) is 57.2 cm³/mol. The van der Waals surface area contributed by atoms with Crippen molar-refractivity contribution in [3.05, 3.63) is 0 Å². The second kappa shape index (κ2) is 3.97. The molecule has 1 N–H and O–H groups in total. The fourth-order valence-electron chi connectivity index (χ4n) is 2.23. The fraction of sp³-hybridized carbons (Fsp3) is 0.889. The van der Waals surface area contributed by atoms with E-state index in [1.165, 1.54) is 9.21 Å². The summed E-state index contributed by atoms with van der Waals surface area (Å²) in [5.41, 5.74) is 0. The van der Waals surface area contributed by atoms with Gasteiger partial charge >= 0.3 is 0 Å². The molecular weight excluding hydrogens is 232 g/mol. The number of carbonyl (C=O) groups is 1. The molecule has 2 rings (SSSR count). The summed E-state index contributed by atoms with van der Waals surface area (Å²) in [7, 11) is -3.30. The third-order valence-electron chi connectivity index (χ3n) is 3.09. The number of hydrogen-bond acceptors (Lipinski definition) is 4.